The molecule has 25 heavy (non-hydrogen) atoms. The molecular formula is C19H23NO4S. The molecule has 0 radical (unpaired) electrons. The highest BCUT2D eigenvalue weighted by atomic mass is 32.2. The summed E-state index contributed by atoms with van der Waals surface area (Å²) in [4.78, 5) is 1.72. The number of fused-ring (bicyclic) bond motifs is 2. The van der Waals surface area contributed by atoms with Crippen molar-refractivity contribution in [3.63, 3.8) is 0 Å². The summed E-state index contributed by atoms with van der Waals surface area (Å²) < 4.78 is 40.2. The van der Waals surface area contributed by atoms with E-state index in [0.29, 0.717) is 17.2 Å². The van der Waals surface area contributed by atoms with Crippen molar-refractivity contribution >= 4 is 21.5 Å². The van der Waals surface area contributed by atoms with Crippen LogP contribution in [0.4, 0.5) is 11.4 Å². The molecule has 5 nitrogen and oxygen atoms in total. The van der Waals surface area contributed by atoms with Gasteiger partial charge in [-0.3, -0.25) is 4.55 Å². The highest BCUT2D eigenvalue weighted by Crippen LogP contribution is 2.51. The lowest BCUT2D eigenvalue weighted by Gasteiger charge is -2.38. The van der Waals surface area contributed by atoms with Crippen LogP contribution in [0.1, 0.15) is 38.3 Å². The monoisotopic (exact) mass is 361 g/mol. The van der Waals surface area contributed by atoms with E-state index in [-0.39, 0.29) is 6.42 Å². The van der Waals surface area contributed by atoms with Gasteiger partial charge in [0.2, 0.25) is 0 Å². The van der Waals surface area contributed by atoms with Crippen molar-refractivity contribution < 1.29 is 17.7 Å². The molecule has 6 heteroatoms. The largest absolute Gasteiger partial charge is 0.453 e. The summed E-state index contributed by atoms with van der Waals surface area (Å²) in [6.45, 7) is 5.80. The zero-order chi connectivity index (χ0) is 18.2. The number of ether oxygens (including phenoxy) is 1. The number of para-hydroxylation sites is 2. The van der Waals surface area contributed by atoms with Gasteiger partial charge in [-0.15, -0.1) is 0 Å². The van der Waals surface area contributed by atoms with Crippen molar-refractivity contribution in [2.24, 2.45) is 0 Å². The molecule has 3 rings (SSSR count). The summed E-state index contributed by atoms with van der Waals surface area (Å²) in [5.74, 6) is 1.28. The Kier molecular flexibility index (Phi) is 4.75. The van der Waals surface area contributed by atoms with Gasteiger partial charge in [0.05, 0.1) is 11.4 Å². The molecule has 1 aliphatic rings. The minimum atomic E-state index is -4.27. The SMILES string of the molecule is CCc1cccc2c1Oc1cccc(CC)c1N2C(CC)S(=O)(=O)O. The van der Waals surface area contributed by atoms with E-state index in [2.05, 4.69) is 0 Å². The van der Waals surface area contributed by atoms with Gasteiger partial charge in [-0.2, -0.15) is 8.42 Å². The van der Waals surface area contributed by atoms with Crippen molar-refractivity contribution in [3.05, 3.63) is 47.5 Å². The van der Waals surface area contributed by atoms with Crippen LogP contribution in [0.5, 0.6) is 11.5 Å². The molecule has 1 atom stereocenters. The summed E-state index contributed by atoms with van der Waals surface area (Å²) in [5.41, 5.74) is 3.37. The van der Waals surface area contributed by atoms with E-state index in [4.69, 9.17) is 4.74 Å². The van der Waals surface area contributed by atoms with Crippen LogP contribution in [0.2, 0.25) is 0 Å². The molecule has 0 bridgehead atoms. The first-order valence-corrected chi connectivity index (χ1v) is 10.1. The Morgan fingerprint density at radius 2 is 1.68 bits per heavy atom. The molecule has 0 aliphatic carbocycles. The molecule has 2 aromatic carbocycles. The number of anilines is 2. The van der Waals surface area contributed by atoms with Crippen LogP contribution < -0.4 is 9.64 Å². The van der Waals surface area contributed by atoms with Gasteiger partial charge in [0.25, 0.3) is 10.1 Å². The Hall–Kier alpha value is -2.05. The zero-order valence-corrected chi connectivity index (χ0v) is 15.5. The quantitative estimate of drug-likeness (QED) is 0.783. The minimum Gasteiger partial charge on any atom is -0.453 e. The third kappa shape index (κ3) is 3.00. The summed E-state index contributed by atoms with van der Waals surface area (Å²) in [7, 11) is -4.27. The molecule has 0 saturated heterocycles. The van der Waals surface area contributed by atoms with E-state index >= 15 is 0 Å². The Labute approximate surface area is 149 Å². The first-order valence-electron chi connectivity index (χ1n) is 8.59. The maximum absolute atomic E-state index is 12.1. The summed E-state index contributed by atoms with van der Waals surface area (Å²) in [6.07, 6.45) is 1.75. The molecule has 1 unspecified atom stereocenters. The molecule has 0 fully saturated rings. The highest BCUT2D eigenvalue weighted by Gasteiger charge is 2.37. The topological polar surface area (TPSA) is 66.8 Å². The fraction of sp³-hybridized carbons (Fsp3) is 0.368. The van der Waals surface area contributed by atoms with Gasteiger partial charge in [0, 0.05) is 0 Å². The third-order valence-corrected chi connectivity index (χ3v) is 5.85. The molecule has 0 spiro atoms. The van der Waals surface area contributed by atoms with Crippen LogP contribution in [0, 0.1) is 0 Å². The van der Waals surface area contributed by atoms with Crippen LogP contribution in [0.15, 0.2) is 36.4 Å². The lowest BCUT2D eigenvalue weighted by Crippen LogP contribution is -2.39. The molecule has 1 N–H and O–H groups in total. The number of hydrogen-bond acceptors (Lipinski definition) is 4. The molecule has 1 aliphatic heterocycles. The second-order valence-corrected chi connectivity index (χ2v) is 7.66. The second kappa shape index (κ2) is 6.69. The predicted octanol–water partition coefficient (Wildman–Crippen LogP) is 4.68. The van der Waals surface area contributed by atoms with E-state index in [9.17, 15) is 13.0 Å². The van der Waals surface area contributed by atoms with Gasteiger partial charge in [-0.1, -0.05) is 45.0 Å². The van der Waals surface area contributed by atoms with Crippen LogP contribution in [-0.2, 0) is 23.0 Å². The van der Waals surface area contributed by atoms with Crippen LogP contribution in [0.3, 0.4) is 0 Å². The zero-order valence-electron chi connectivity index (χ0n) is 14.7. The minimum absolute atomic E-state index is 0.256. The number of nitrogens with zero attached hydrogens (tertiary/aromatic N) is 1. The highest BCUT2D eigenvalue weighted by molar-refractivity contribution is 7.86. The van der Waals surface area contributed by atoms with Crippen molar-refractivity contribution in [2.75, 3.05) is 4.90 Å². The predicted molar refractivity (Wildman–Crippen MR) is 99.5 cm³/mol. The van der Waals surface area contributed by atoms with Crippen LogP contribution in [-0.4, -0.2) is 18.3 Å². The maximum Gasteiger partial charge on any atom is 0.286 e. The Balaban J connectivity index is 2.33. The smallest absolute Gasteiger partial charge is 0.286 e. The Morgan fingerprint density at radius 1 is 1.04 bits per heavy atom. The average Bonchev–Trinajstić information content (AvgIpc) is 2.59. The van der Waals surface area contributed by atoms with Gasteiger partial charge in [0.1, 0.15) is 0 Å². The van der Waals surface area contributed by atoms with E-state index in [0.717, 1.165) is 29.7 Å². The molecule has 2 aromatic rings. The van der Waals surface area contributed by atoms with Crippen LogP contribution >= 0.6 is 0 Å². The first-order chi connectivity index (χ1) is 11.9. The van der Waals surface area contributed by atoms with Gasteiger partial charge < -0.3 is 9.64 Å². The summed E-state index contributed by atoms with van der Waals surface area (Å²) in [6, 6.07) is 11.4. The molecule has 1 heterocycles. The van der Waals surface area contributed by atoms with Gasteiger partial charge in [-0.25, -0.2) is 0 Å². The molecule has 0 aromatic heterocycles. The number of benzene rings is 2. The standard InChI is InChI=1S/C19H23NO4S/c1-4-13-9-8-12-16-18(13)20(17(6-3)25(21,22)23)15-11-7-10-14(5-2)19(15)24-16/h7-12,17H,4-6H2,1-3H3,(H,21,22,23). The van der Waals surface area contributed by atoms with Crippen molar-refractivity contribution in [2.45, 2.75) is 45.4 Å². The second-order valence-electron chi connectivity index (χ2n) is 6.09. The molecule has 0 amide bonds. The summed E-state index contributed by atoms with van der Waals surface area (Å²) >= 11 is 0. The van der Waals surface area contributed by atoms with Crippen LogP contribution in [0.25, 0.3) is 0 Å². The molecule has 134 valence electrons. The van der Waals surface area contributed by atoms with Gasteiger partial charge >= 0.3 is 0 Å². The van der Waals surface area contributed by atoms with Gasteiger partial charge in [0.15, 0.2) is 16.9 Å². The Morgan fingerprint density at radius 3 is 2.28 bits per heavy atom. The summed E-state index contributed by atoms with van der Waals surface area (Å²) in [5, 5.41) is -1.06. The van der Waals surface area contributed by atoms with E-state index in [1.165, 1.54) is 0 Å². The number of rotatable bonds is 5. The molecular weight excluding hydrogens is 338 g/mol. The third-order valence-electron chi connectivity index (χ3n) is 4.61. The lowest BCUT2D eigenvalue weighted by atomic mass is 10.0. The average molecular weight is 361 g/mol. The van der Waals surface area contributed by atoms with Crippen molar-refractivity contribution in [1.29, 1.82) is 0 Å². The fourth-order valence-corrected chi connectivity index (χ4v) is 4.33. The van der Waals surface area contributed by atoms with E-state index < -0.39 is 15.5 Å². The van der Waals surface area contributed by atoms with Gasteiger partial charge in [-0.05, 0) is 42.5 Å². The van der Waals surface area contributed by atoms with E-state index in [1.807, 2.05) is 50.2 Å². The fourth-order valence-electron chi connectivity index (χ4n) is 3.42. The van der Waals surface area contributed by atoms with Crippen molar-refractivity contribution in [3.8, 4) is 11.5 Å². The van der Waals surface area contributed by atoms with Crippen molar-refractivity contribution in [1.82, 2.24) is 0 Å². The number of hydrogen-bond donors (Lipinski definition) is 1. The maximum atomic E-state index is 12.1. The first kappa shape index (κ1) is 17.8. The number of aryl methyl sites for hydroxylation is 2. The molecule has 0 saturated carbocycles. The van der Waals surface area contributed by atoms with E-state index in [1.54, 1.807) is 11.8 Å². The lowest BCUT2D eigenvalue weighted by molar-refractivity contribution is 0.448. The Bertz CT molecular complexity index is 892. The normalized spacial score (nSPS) is 14.5.